The minimum absolute atomic E-state index is 0.0783. The SMILES string of the molecule is CC[C@@H](NC1CCCC1)C(=O)Nc1cnc(Cl)cc1Cl. The number of pyridine rings is 1. The summed E-state index contributed by atoms with van der Waals surface area (Å²) in [5.41, 5.74) is 0.493. The van der Waals surface area contributed by atoms with Crippen molar-refractivity contribution in [2.24, 2.45) is 0 Å². The van der Waals surface area contributed by atoms with Gasteiger partial charge in [-0.25, -0.2) is 4.98 Å². The van der Waals surface area contributed by atoms with Crippen molar-refractivity contribution in [2.75, 3.05) is 5.32 Å². The molecule has 1 aliphatic carbocycles. The van der Waals surface area contributed by atoms with E-state index >= 15 is 0 Å². The number of aromatic nitrogens is 1. The van der Waals surface area contributed by atoms with Crippen LogP contribution in [0.3, 0.4) is 0 Å². The van der Waals surface area contributed by atoms with Gasteiger partial charge in [0.05, 0.1) is 22.9 Å². The fraction of sp³-hybridized carbons (Fsp3) is 0.571. The van der Waals surface area contributed by atoms with Crippen molar-refractivity contribution in [1.29, 1.82) is 0 Å². The van der Waals surface area contributed by atoms with Crippen LogP contribution in [-0.4, -0.2) is 23.0 Å². The van der Waals surface area contributed by atoms with Crippen LogP contribution in [0, 0.1) is 0 Å². The standard InChI is InChI=1S/C14H19Cl2N3O/c1-2-11(18-9-5-3-4-6-9)14(20)19-12-8-17-13(16)7-10(12)15/h7-9,11,18H,2-6H2,1H3,(H,19,20)/t11-/m1/s1. The number of carbonyl (C=O) groups is 1. The van der Waals surface area contributed by atoms with E-state index in [1.165, 1.54) is 25.1 Å². The van der Waals surface area contributed by atoms with Crippen LogP contribution in [0.15, 0.2) is 12.3 Å². The molecule has 1 aliphatic rings. The molecule has 4 nitrogen and oxygen atoms in total. The number of carbonyl (C=O) groups excluding carboxylic acids is 1. The van der Waals surface area contributed by atoms with Crippen LogP contribution in [0.5, 0.6) is 0 Å². The maximum absolute atomic E-state index is 12.3. The first kappa shape index (κ1) is 15.5. The molecule has 0 saturated heterocycles. The fourth-order valence-corrected chi connectivity index (χ4v) is 2.89. The number of hydrogen-bond acceptors (Lipinski definition) is 3. The smallest absolute Gasteiger partial charge is 0.241 e. The molecule has 0 spiro atoms. The summed E-state index contributed by atoms with van der Waals surface area (Å²) in [6, 6.07) is 1.76. The molecule has 1 saturated carbocycles. The second-order valence-electron chi connectivity index (χ2n) is 5.09. The maximum atomic E-state index is 12.3. The zero-order valence-electron chi connectivity index (χ0n) is 11.5. The van der Waals surface area contributed by atoms with Crippen molar-refractivity contribution < 1.29 is 4.79 Å². The Morgan fingerprint density at radius 1 is 1.45 bits per heavy atom. The largest absolute Gasteiger partial charge is 0.322 e. The molecule has 1 amide bonds. The van der Waals surface area contributed by atoms with Crippen LogP contribution in [-0.2, 0) is 4.79 Å². The van der Waals surface area contributed by atoms with Gasteiger partial charge in [0.25, 0.3) is 0 Å². The Morgan fingerprint density at radius 2 is 2.15 bits per heavy atom. The predicted molar refractivity (Wildman–Crippen MR) is 82.4 cm³/mol. The van der Waals surface area contributed by atoms with Gasteiger partial charge in [0.15, 0.2) is 0 Å². The highest BCUT2D eigenvalue weighted by Gasteiger charge is 2.23. The molecule has 0 aromatic carbocycles. The second-order valence-corrected chi connectivity index (χ2v) is 5.88. The lowest BCUT2D eigenvalue weighted by Crippen LogP contribution is -2.44. The molecule has 1 fully saturated rings. The van der Waals surface area contributed by atoms with E-state index in [-0.39, 0.29) is 11.9 Å². The van der Waals surface area contributed by atoms with E-state index < -0.39 is 0 Å². The zero-order valence-corrected chi connectivity index (χ0v) is 13.0. The highest BCUT2D eigenvalue weighted by Crippen LogP contribution is 2.24. The highest BCUT2D eigenvalue weighted by atomic mass is 35.5. The summed E-state index contributed by atoms with van der Waals surface area (Å²) in [6.07, 6.45) is 6.98. The van der Waals surface area contributed by atoms with E-state index in [2.05, 4.69) is 15.6 Å². The molecular formula is C14H19Cl2N3O. The van der Waals surface area contributed by atoms with E-state index in [9.17, 15) is 4.79 Å². The van der Waals surface area contributed by atoms with Gasteiger partial charge in [-0.05, 0) is 25.3 Å². The van der Waals surface area contributed by atoms with Crippen LogP contribution in [0.1, 0.15) is 39.0 Å². The van der Waals surface area contributed by atoms with Crippen molar-refractivity contribution in [2.45, 2.75) is 51.1 Å². The molecule has 1 heterocycles. The molecule has 2 N–H and O–H groups in total. The number of nitrogens with zero attached hydrogens (tertiary/aromatic N) is 1. The minimum Gasteiger partial charge on any atom is -0.322 e. The first-order valence-corrected chi connectivity index (χ1v) is 7.73. The number of halogens is 2. The van der Waals surface area contributed by atoms with Gasteiger partial charge in [-0.3, -0.25) is 4.79 Å². The van der Waals surface area contributed by atoms with Crippen LogP contribution >= 0.6 is 23.2 Å². The Balaban J connectivity index is 1.97. The second kappa shape index (κ2) is 7.25. The number of nitrogens with one attached hydrogen (secondary N) is 2. The predicted octanol–water partition coefficient (Wildman–Crippen LogP) is 3.64. The molecule has 1 aromatic heterocycles. The summed E-state index contributed by atoms with van der Waals surface area (Å²) in [4.78, 5) is 16.2. The van der Waals surface area contributed by atoms with Crippen LogP contribution in [0.2, 0.25) is 10.2 Å². The molecule has 0 radical (unpaired) electrons. The summed E-state index contributed by atoms with van der Waals surface area (Å²) in [5, 5.41) is 6.93. The average Bonchev–Trinajstić information content (AvgIpc) is 2.92. The lowest BCUT2D eigenvalue weighted by atomic mass is 10.1. The third-order valence-corrected chi connectivity index (χ3v) is 4.11. The molecule has 20 heavy (non-hydrogen) atoms. The van der Waals surface area contributed by atoms with Crippen LogP contribution in [0.4, 0.5) is 5.69 Å². The molecule has 0 bridgehead atoms. The molecule has 0 unspecified atom stereocenters. The molecular weight excluding hydrogens is 297 g/mol. The first-order chi connectivity index (χ1) is 9.60. The van der Waals surface area contributed by atoms with E-state index in [0.29, 0.717) is 21.9 Å². The quantitative estimate of drug-likeness (QED) is 0.816. The normalized spacial score (nSPS) is 17.1. The number of hydrogen-bond donors (Lipinski definition) is 2. The first-order valence-electron chi connectivity index (χ1n) is 6.98. The molecule has 0 aliphatic heterocycles. The van der Waals surface area contributed by atoms with E-state index in [0.717, 1.165) is 19.3 Å². The van der Waals surface area contributed by atoms with Gasteiger partial charge in [0, 0.05) is 6.04 Å². The van der Waals surface area contributed by atoms with Crippen molar-refractivity contribution in [1.82, 2.24) is 10.3 Å². The zero-order chi connectivity index (χ0) is 14.5. The minimum atomic E-state index is -0.204. The number of rotatable bonds is 5. The highest BCUT2D eigenvalue weighted by molar-refractivity contribution is 6.36. The molecule has 1 aromatic rings. The third kappa shape index (κ3) is 4.08. The van der Waals surface area contributed by atoms with E-state index in [4.69, 9.17) is 23.2 Å². The lowest BCUT2D eigenvalue weighted by Gasteiger charge is -2.21. The van der Waals surface area contributed by atoms with E-state index in [1.807, 2.05) is 6.92 Å². The Bertz CT molecular complexity index is 475. The van der Waals surface area contributed by atoms with Crippen molar-refractivity contribution >= 4 is 34.8 Å². The van der Waals surface area contributed by atoms with Gasteiger partial charge in [-0.2, -0.15) is 0 Å². The van der Waals surface area contributed by atoms with Crippen molar-refractivity contribution in [3.05, 3.63) is 22.4 Å². The Morgan fingerprint density at radius 3 is 2.75 bits per heavy atom. The molecule has 6 heteroatoms. The average molecular weight is 316 g/mol. The number of anilines is 1. The summed E-state index contributed by atoms with van der Waals surface area (Å²) < 4.78 is 0. The number of amides is 1. The summed E-state index contributed by atoms with van der Waals surface area (Å²) in [6.45, 7) is 1.99. The van der Waals surface area contributed by atoms with Crippen LogP contribution < -0.4 is 10.6 Å². The molecule has 1 atom stereocenters. The Labute approximate surface area is 129 Å². The van der Waals surface area contributed by atoms with Gasteiger partial charge in [-0.15, -0.1) is 0 Å². The molecule has 2 rings (SSSR count). The lowest BCUT2D eigenvalue weighted by molar-refractivity contribution is -0.118. The van der Waals surface area contributed by atoms with E-state index in [1.54, 1.807) is 0 Å². The maximum Gasteiger partial charge on any atom is 0.241 e. The van der Waals surface area contributed by atoms with Crippen molar-refractivity contribution in [3.8, 4) is 0 Å². The van der Waals surface area contributed by atoms with Gasteiger partial charge >= 0.3 is 0 Å². The van der Waals surface area contributed by atoms with Crippen LogP contribution in [0.25, 0.3) is 0 Å². The third-order valence-electron chi connectivity index (χ3n) is 3.59. The monoisotopic (exact) mass is 315 g/mol. The summed E-state index contributed by atoms with van der Waals surface area (Å²) in [5.74, 6) is -0.0783. The van der Waals surface area contributed by atoms with Gasteiger partial charge in [-0.1, -0.05) is 43.0 Å². The van der Waals surface area contributed by atoms with Gasteiger partial charge in [0.1, 0.15) is 5.15 Å². The van der Waals surface area contributed by atoms with Gasteiger partial charge in [0.2, 0.25) is 5.91 Å². The Hall–Kier alpha value is -0.840. The van der Waals surface area contributed by atoms with Gasteiger partial charge < -0.3 is 10.6 Å². The van der Waals surface area contributed by atoms with Crippen molar-refractivity contribution in [3.63, 3.8) is 0 Å². The topological polar surface area (TPSA) is 54.0 Å². The Kier molecular flexibility index (Phi) is 5.64. The fourth-order valence-electron chi connectivity index (χ4n) is 2.48. The molecule has 110 valence electrons. The summed E-state index contributed by atoms with van der Waals surface area (Å²) in [7, 11) is 0. The summed E-state index contributed by atoms with van der Waals surface area (Å²) >= 11 is 11.8.